The van der Waals surface area contributed by atoms with E-state index in [-0.39, 0.29) is 40.3 Å². The Bertz CT molecular complexity index is 878. The van der Waals surface area contributed by atoms with Gasteiger partial charge in [-0.2, -0.15) is 0 Å². The van der Waals surface area contributed by atoms with E-state index in [1.165, 1.54) is 18.9 Å². The van der Waals surface area contributed by atoms with Crippen molar-refractivity contribution >= 4 is 45.9 Å². The topological polar surface area (TPSA) is 126 Å². The van der Waals surface area contributed by atoms with Crippen molar-refractivity contribution in [2.45, 2.75) is 32.0 Å². The van der Waals surface area contributed by atoms with Crippen molar-refractivity contribution in [3.05, 3.63) is 28.4 Å². The number of carbonyl (C=O) groups excluding carboxylic acids is 3. The van der Waals surface area contributed by atoms with Gasteiger partial charge in [-0.05, 0) is 18.9 Å². The van der Waals surface area contributed by atoms with Gasteiger partial charge in [-0.25, -0.2) is 9.78 Å². The fraction of sp³-hybridized carbons (Fsp3) is 0.444. The van der Waals surface area contributed by atoms with Gasteiger partial charge in [0, 0.05) is 26.0 Å². The van der Waals surface area contributed by atoms with E-state index in [0.29, 0.717) is 5.56 Å². The minimum atomic E-state index is -0.671. The molecule has 11 heteroatoms. The third-order valence-electron chi connectivity index (χ3n) is 3.82. The normalized spacial score (nSPS) is 10.7. The highest BCUT2D eigenvalue weighted by Crippen LogP contribution is 2.33. The van der Waals surface area contributed by atoms with Gasteiger partial charge >= 0.3 is 5.97 Å². The molecule has 0 aliphatic rings. The van der Waals surface area contributed by atoms with Gasteiger partial charge in [0.05, 0.1) is 22.8 Å². The van der Waals surface area contributed by atoms with Gasteiger partial charge in [-0.3, -0.25) is 9.59 Å². The summed E-state index contributed by atoms with van der Waals surface area (Å²) in [5, 5.41) is 3.67. The Hall–Kier alpha value is -2.37. The molecule has 0 aliphatic carbocycles. The number of hydrogen-bond donors (Lipinski definition) is 2. The highest BCUT2D eigenvalue weighted by molar-refractivity contribution is 7.99. The molecule has 0 aliphatic heterocycles. The average molecular weight is 441 g/mol. The monoisotopic (exact) mass is 440 g/mol. The molecule has 2 heterocycles. The number of rotatable bonds is 11. The molecule has 2 rings (SSSR count). The van der Waals surface area contributed by atoms with Crippen LogP contribution in [0.25, 0.3) is 0 Å². The molecule has 3 N–H and O–H groups in total. The number of amides is 2. The molecule has 2 aromatic rings. The van der Waals surface area contributed by atoms with Crippen LogP contribution in [-0.2, 0) is 20.8 Å². The number of thiophene rings is 1. The average Bonchev–Trinajstić information content (AvgIpc) is 3.24. The van der Waals surface area contributed by atoms with Crippen LogP contribution >= 0.6 is 23.1 Å². The SMILES string of the molecule is CCCn1ccnc1SCC(=O)Nc1sc(C(N)=O)c(C)c1C(=O)OCCOC. The molecule has 0 aromatic carbocycles. The fourth-order valence-electron chi connectivity index (χ4n) is 2.51. The summed E-state index contributed by atoms with van der Waals surface area (Å²) in [6.07, 6.45) is 4.50. The number of nitrogens with zero attached hydrogens (tertiary/aromatic N) is 2. The first-order chi connectivity index (χ1) is 13.9. The summed E-state index contributed by atoms with van der Waals surface area (Å²) in [6, 6.07) is 0. The third kappa shape index (κ3) is 6.05. The Balaban J connectivity index is 2.12. The predicted molar refractivity (Wildman–Crippen MR) is 112 cm³/mol. The second-order valence-electron chi connectivity index (χ2n) is 5.99. The van der Waals surface area contributed by atoms with Gasteiger partial charge in [0.15, 0.2) is 5.16 Å². The molecule has 158 valence electrons. The van der Waals surface area contributed by atoms with E-state index in [0.717, 1.165) is 29.5 Å². The maximum absolute atomic E-state index is 12.5. The predicted octanol–water partition coefficient (Wildman–Crippen LogP) is 2.30. The lowest BCUT2D eigenvalue weighted by Crippen LogP contribution is -2.17. The number of methoxy groups -OCH3 is 1. The van der Waals surface area contributed by atoms with Crippen molar-refractivity contribution in [1.29, 1.82) is 0 Å². The van der Waals surface area contributed by atoms with Crippen LogP contribution in [0.15, 0.2) is 17.6 Å². The molecule has 0 bridgehead atoms. The maximum atomic E-state index is 12.5. The van der Waals surface area contributed by atoms with Crippen LogP contribution in [0.5, 0.6) is 0 Å². The summed E-state index contributed by atoms with van der Waals surface area (Å²) >= 11 is 2.25. The van der Waals surface area contributed by atoms with Crippen LogP contribution in [-0.4, -0.2) is 53.4 Å². The van der Waals surface area contributed by atoms with Gasteiger partial charge in [-0.15, -0.1) is 11.3 Å². The zero-order chi connectivity index (χ0) is 21.4. The molecule has 0 radical (unpaired) electrons. The quantitative estimate of drug-likeness (QED) is 0.312. The molecule has 29 heavy (non-hydrogen) atoms. The summed E-state index contributed by atoms with van der Waals surface area (Å²) in [7, 11) is 1.49. The lowest BCUT2D eigenvalue weighted by atomic mass is 10.1. The number of esters is 1. The van der Waals surface area contributed by atoms with Crippen LogP contribution in [0.1, 0.15) is 38.9 Å². The summed E-state index contributed by atoms with van der Waals surface area (Å²) in [6.45, 7) is 4.76. The largest absolute Gasteiger partial charge is 0.460 e. The van der Waals surface area contributed by atoms with E-state index in [4.69, 9.17) is 15.2 Å². The summed E-state index contributed by atoms with van der Waals surface area (Å²) < 4.78 is 12.0. The number of primary amides is 1. The highest BCUT2D eigenvalue weighted by Gasteiger charge is 2.26. The van der Waals surface area contributed by atoms with Crippen molar-refractivity contribution in [2.24, 2.45) is 5.73 Å². The molecule has 2 aromatic heterocycles. The number of hydrogen-bond acceptors (Lipinski definition) is 8. The minimum Gasteiger partial charge on any atom is -0.460 e. The molecule has 0 spiro atoms. The second kappa shape index (κ2) is 11.0. The third-order valence-corrected chi connectivity index (χ3v) is 6.05. The standard InChI is InChI=1S/C18H24N4O5S2/c1-4-6-22-7-5-20-18(22)28-10-12(23)21-16-13(17(25)27-9-8-26-3)11(2)14(29-16)15(19)24/h5,7H,4,6,8-10H2,1-3H3,(H2,19,24)(H,21,23). The van der Waals surface area contributed by atoms with Crippen LogP contribution in [0.3, 0.4) is 0 Å². The summed E-state index contributed by atoms with van der Waals surface area (Å²) in [4.78, 5) is 41.0. The Kier molecular flexibility index (Phi) is 8.68. The fourth-order valence-corrected chi connectivity index (χ4v) is 4.36. The van der Waals surface area contributed by atoms with Crippen LogP contribution in [0.4, 0.5) is 5.00 Å². The van der Waals surface area contributed by atoms with Crippen LogP contribution in [0.2, 0.25) is 0 Å². The first-order valence-corrected chi connectivity index (χ1v) is 10.7. The van der Waals surface area contributed by atoms with E-state index >= 15 is 0 Å². The second-order valence-corrected chi connectivity index (χ2v) is 7.96. The van der Waals surface area contributed by atoms with Gasteiger partial charge in [0.2, 0.25) is 5.91 Å². The molecule has 0 saturated heterocycles. The van der Waals surface area contributed by atoms with Crippen molar-refractivity contribution < 1.29 is 23.9 Å². The highest BCUT2D eigenvalue weighted by atomic mass is 32.2. The van der Waals surface area contributed by atoms with E-state index in [2.05, 4.69) is 17.2 Å². The number of thioether (sulfide) groups is 1. The van der Waals surface area contributed by atoms with Crippen molar-refractivity contribution in [3.63, 3.8) is 0 Å². The van der Waals surface area contributed by atoms with E-state index < -0.39 is 11.9 Å². The molecular formula is C18H24N4O5S2. The number of nitrogens with one attached hydrogen (secondary N) is 1. The lowest BCUT2D eigenvalue weighted by Gasteiger charge is -2.08. The Morgan fingerprint density at radius 2 is 2.10 bits per heavy atom. The molecule has 0 saturated carbocycles. The number of nitrogens with two attached hydrogens (primary N) is 1. The van der Waals surface area contributed by atoms with Gasteiger partial charge < -0.3 is 25.1 Å². The van der Waals surface area contributed by atoms with Gasteiger partial charge in [0.25, 0.3) is 5.91 Å². The van der Waals surface area contributed by atoms with Crippen molar-refractivity contribution in [1.82, 2.24) is 9.55 Å². The lowest BCUT2D eigenvalue weighted by molar-refractivity contribution is -0.113. The van der Waals surface area contributed by atoms with E-state index in [1.54, 1.807) is 13.1 Å². The molecule has 2 amide bonds. The zero-order valence-corrected chi connectivity index (χ0v) is 18.2. The van der Waals surface area contributed by atoms with Crippen molar-refractivity contribution in [2.75, 3.05) is 31.4 Å². The molecule has 0 unspecified atom stereocenters. The number of aromatic nitrogens is 2. The number of aryl methyl sites for hydroxylation is 1. The van der Waals surface area contributed by atoms with Gasteiger partial charge in [0.1, 0.15) is 11.6 Å². The number of imidazole rings is 1. The number of carbonyl (C=O) groups is 3. The Morgan fingerprint density at radius 1 is 1.34 bits per heavy atom. The molecule has 0 fully saturated rings. The van der Waals surface area contributed by atoms with Crippen molar-refractivity contribution in [3.8, 4) is 0 Å². The number of ether oxygens (including phenoxy) is 2. The number of anilines is 1. The molecule has 0 atom stereocenters. The first kappa shape index (κ1) is 22.9. The zero-order valence-electron chi connectivity index (χ0n) is 16.5. The maximum Gasteiger partial charge on any atom is 0.341 e. The molecule has 9 nitrogen and oxygen atoms in total. The van der Waals surface area contributed by atoms with Crippen LogP contribution < -0.4 is 11.1 Å². The Labute approximate surface area is 177 Å². The Morgan fingerprint density at radius 3 is 2.76 bits per heavy atom. The summed E-state index contributed by atoms with van der Waals surface area (Å²) in [5.41, 5.74) is 5.90. The minimum absolute atomic E-state index is 0.0554. The first-order valence-electron chi connectivity index (χ1n) is 8.92. The molecular weight excluding hydrogens is 416 g/mol. The smallest absolute Gasteiger partial charge is 0.341 e. The van der Waals surface area contributed by atoms with E-state index in [1.807, 2.05) is 10.8 Å². The van der Waals surface area contributed by atoms with Crippen LogP contribution in [0, 0.1) is 6.92 Å². The van der Waals surface area contributed by atoms with Gasteiger partial charge in [-0.1, -0.05) is 18.7 Å². The van der Waals surface area contributed by atoms with E-state index in [9.17, 15) is 14.4 Å². The summed E-state index contributed by atoms with van der Waals surface area (Å²) in [5.74, 6) is -1.55.